The summed E-state index contributed by atoms with van der Waals surface area (Å²) in [6, 6.07) is 0. The molecular weight excluding hydrogens is 418 g/mol. The van der Waals surface area contributed by atoms with E-state index in [-0.39, 0.29) is 22.3 Å². The summed E-state index contributed by atoms with van der Waals surface area (Å²) in [6.45, 7) is 24.0. The molecule has 0 saturated heterocycles. The van der Waals surface area contributed by atoms with E-state index in [9.17, 15) is 26.3 Å². The molecule has 31 heavy (non-hydrogen) atoms. The number of ether oxygens (including phenoxy) is 1. The molecule has 0 aromatic heterocycles. The van der Waals surface area contributed by atoms with Gasteiger partial charge >= 0.3 is 6.11 Å². The van der Waals surface area contributed by atoms with Gasteiger partial charge in [0, 0.05) is 5.57 Å². The molecule has 0 aromatic carbocycles. The summed E-state index contributed by atoms with van der Waals surface area (Å²) in [5.41, 5.74) is -1.73. The summed E-state index contributed by atoms with van der Waals surface area (Å²) in [5, 5.41) is 0. The predicted molar refractivity (Wildman–Crippen MR) is 114 cm³/mol. The number of alkyl halides is 2. The Balaban J connectivity index is 5.21. The van der Waals surface area contributed by atoms with E-state index >= 15 is 0 Å². The first-order valence-electron chi connectivity index (χ1n) is 8.45. The van der Waals surface area contributed by atoms with Crippen LogP contribution in [0.3, 0.4) is 0 Å². The first kappa shape index (κ1) is 27.5. The van der Waals surface area contributed by atoms with Crippen LogP contribution in [0.15, 0.2) is 133 Å². The van der Waals surface area contributed by atoms with Crippen LogP contribution in [-0.2, 0) is 4.74 Å². The van der Waals surface area contributed by atoms with E-state index in [0.29, 0.717) is 6.08 Å². The van der Waals surface area contributed by atoms with Crippen LogP contribution in [0.2, 0.25) is 0 Å². The maximum Gasteiger partial charge on any atom is 0.428 e. The summed E-state index contributed by atoms with van der Waals surface area (Å²) in [7, 11) is 0. The average Bonchev–Trinajstić information content (AvgIpc) is 2.69. The second kappa shape index (κ2) is 11.6. The zero-order valence-corrected chi connectivity index (χ0v) is 17.0. The third-order valence-corrected chi connectivity index (χ3v) is 3.57. The highest BCUT2D eigenvalue weighted by Gasteiger charge is 2.38. The lowest BCUT2D eigenvalue weighted by Gasteiger charge is -2.19. The minimum absolute atomic E-state index is 0.00835. The highest BCUT2D eigenvalue weighted by Crippen LogP contribution is 2.32. The van der Waals surface area contributed by atoms with Crippen molar-refractivity contribution in [3.05, 3.63) is 133 Å². The van der Waals surface area contributed by atoms with Crippen molar-refractivity contribution in [1.82, 2.24) is 0 Å². The first-order chi connectivity index (χ1) is 14.1. The van der Waals surface area contributed by atoms with E-state index in [1.807, 2.05) is 0 Å². The van der Waals surface area contributed by atoms with Crippen LogP contribution in [0.25, 0.3) is 0 Å². The minimum atomic E-state index is -4.05. The Kier molecular flexibility index (Phi) is 10.3. The van der Waals surface area contributed by atoms with Crippen LogP contribution in [0.4, 0.5) is 26.3 Å². The third-order valence-electron chi connectivity index (χ3n) is 3.57. The molecule has 166 valence electrons. The summed E-state index contributed by atoms with van der Waals surface area (Å²) in [4.78, 5) is 0. The minimum Gasteiger partial charge on any atom is -0.429 e. The van der Waals surface area contributed by atoms with Crippen molar-refractivity contribution in [2.45, 2.75) is 13.0 Å². The molecule has 0 radical (unpaired) electrons. The molecule has 0 aliphatic carbocycles. The quantitative estimate of drug-likeness (QED) is 0.168. The van der Waals surface area contributed by atoms with Gasteiger partial charge in [0.1, 0.15) is 17.4 Å². The first-order valence-corrected chi connectivity index (χ1v) is 8.45. The van der Waals surface area contributed by atoms with Gasteiger partial charge in [-0.2, -0.15) is 8.78 Å². The number of halogens is 6. The second-order valence-electron chi connectivity index (χ2n) is 5.98. The van der Waals surface area contributed by atoms with E-state index in [2.05, 4.69) is 50.8 Å². The van der Waals surface area contributed by atoms with Gasteiger partial charge in [-0.25, -0.2) is 17.6 Å². The van der Waals surface area contributed by atoms with Crippen molar-refractivity contribution in [3.63, 3.8) is 0 Å². The summed E-state index contributed by atoms with van der Waals surface area (Å²) in [6.07, 6.45) is 0.356. The zero-order chi connectivity index (χ0) is 24.5. The van der Waals surface area contributed by atoms with Gasteiger partial charge in [-0.05, 0) is 41.9 Å². The molecule has 0 fully saturated rings. The van der Waals surface area contributed by atoms with E-state index < -0.39 is 40.7 Å². The smallest absolute Gasteiger partial charge is 0.428 e. The summed E-state index contributed by atoms with van der Waals surface area (Å²) in [5.74, 6) is -5.47. The van der Waals surface area contributed by atoms with Gasteiger partial charge in [-0.3, -0.25) is 0 Å². The predicted octanol–water partition coefficient (Wildman–Crippen LogP) is 8.51. The van der Waals surface area contributed by atoms with Crippen LogP contribution in [0.5, 0.6) is 0 Å². The molecule has 0 amide bonds. The zero-order valence-electron chi connectivity index (χ0n) is 17.0. The third kappa shape index (κ3) is 8.82. The van der Waals surface area contributed by atoms with Gasteiger partial charge < -0.3 is 4.74 Å². The van der Waals surface area contributed by atoms with Gasteiger partial charge in [-0.1, -0.05) is 58.2 Å². The molecule has 0 aromatic rings. The lowest BCUT2D eigenvalue weighted by molar-refractivity contribution is -0.177. The molecule has 0 rings (SSSR count). The largest absolute Gasteiger partial charge is 0.429 e. The maximum atomic E-state index is 14.2. The monoisotopic (exact) mass is 440 g/mol. The molecule has 0 aliphatic rings. The Morgan fingerprint density at radius 1 is 0.710 bits per heavy atom. The Labute approximate surface area is 178 Å². The van der Waals surface area contributed by atoms with Gasteiger partial charge in [0.05, 0.1) is 5.57 Å². The molecule has 0 bridgehead atoms. The van der Waals surface area contributed by atoms with Crippen LogP contribution >= 0.6 is 0 Å². The van der Waals surface area contributed by atoms with Crippen molar-refractivity contribution in [2.75, 3.05) is 0 Å². The molecule has 0 heterocycles. The van der Waals surface area contributed by atoms with Crippen molar-refractivity contribution in [2.24, 2.45) is 0 Å². The number of rotatable bonds is 12. The second-order valence-corrected chi connectivity index (χ2v) is 5.98. The maximum absolute atomic E-state index is 14.2. The Bertz CT molecular complexity index is 955. The van der Waals surface area contributed by atoms with E-state index in [1.54, 1.807) is 0 Å². The van der Waals surface area contributed by atoms with E-state index in [4.69, 9.17) is 0 Å². The molecule has 0 unspecified atom stereocenters. The standard InChI is InChI=1S/C24H22F6O/c1-9-21(26)19(7)24(29,30)31-17(5)11-10-14(2)15(3)12-22(27)18(6)16(4)13-23(28)20(8)25/h9-13H,2-8H2,1H3/b11-10-,21-9+,22-12+,23-13+. The molecule has 1 nitrogen and oxygen atoms in total. The molecule has 0 saturated carbocycles. The van der Waals surface area contributed by atoms with Crippen molar-refractivity contribution < 1.29 is 31.1 Å². The van der Waals surface area contributed by atoms with Crippen molar-refractivity contribution >= 4 is 0 Å². The molecule has 0 aliphatic heterocycles. The molecule has 7 heteroatoms. The Morgan fingerprint density at radius 2 is 1.23 bits per heavy atom. The normalized spacial score (nSPS) is 13.1. The highest BCUT2D eigenvalue weighted by atomic mass is 19.3. The topological polar surface area (TPSA) is 9.23 Å². The van der Waals surface area contributed by atoms with Gasteiger partial charge in [0.15, 0.2) is 11.7 Å². The summed E-state index contributed by atoms with van der Waals surface area (Å²) < 4.78 is 85.2. The average molecular weight is 440 g/mol. The number of hydrogen-bond acceptors (Lipinski definition) is 1. The molecule has 0 atom stereocenters. The fraction of sp³-hybridized carbons (Fsp3) is 0.0833. The van der Waals surface area contributed by atoms with Crippen molar-refractivity contribution in [1.29, 1.82) is 0 Å². The fourth-order valence-corrected chi connectivity index (χ4v) is 1.68. The highest BCUT2D eigenvalue weighted by molar-refractivity contribution is 5.52. The molecule has 0 spiro atoms. The summed E-state index contributed by atoms with van der Waals surface area (Å²) >= 11 is 0. The van der Waals surface area contributed by atoms with Crippen LogP contribution < -0.4 is 0 Å². The van der Waals surface area contributed by atoms with Crippen LogP contribution in [-0.4, -0.2) is 6.11 Å². The lowest BCUT2D eigenvalue weighted by atomic mass is 10.0. The van der Waals surface area contributed by atoms with E-state index in [1.165, 1.54) is 6.92 Å². The van der Waals surface area contributed by atoms with Gasteiger partial charge in [-0.15, -0.1) is 0 Å². The molecular formula is C24H22F6O. The SMILES string of the molecule is C=C(/C=C\C(=C)C(=C)/C=C(/F)C(=C)C(=C)/C=C(/F)C(=C)F)OC(F)(F)C(=C)/C(F)=C\C. The Morgan fingerprint density at radius 3 is 1.71 bits per heavy atom. The Hall–Kier alpha value is -3.48. The van der Waals surface area contributed by atoms with E-state index in [0.717, 1.165) is 24.3 Å². The fourth-order valence-electron chi connectivity index (χ4n) is 1.68. The van der Waals surface area contributed by atoms with Crippen molar-refractivity contribution in [3.8, 4) is 0 Å². The van der Waals surface area contributed by atoms with Gasteiger partial charge in [0.25, 0.3) is 0 Å². The van der Waals surface area contributed by atoms with Gasteiger partial charge in [0.2, 0.25) is 0 Å². The van der Waals surface area contributed by atoms with Crippen LogP contribution in [0.1, 0.15) is 6.92 Å². The number of allylic oxidation sites excluding steroid dienone is 12. The molecule has 0 N–H and O–H groups in total. The lowest BCUT2D eigenvalue weighted by Crippen LogP contribution is -2.22. The van der Waals surface area contributed by atoms with Crippen LogP contribution in [0, 0.1) is 0 Å². The number of hydrogen-bond donors (Lipinski definition) is 0.